The Hall–Kier alpha value is -2.14. The minimum atomic E-state index is -0.377. The van der Waals surface area contributed by atoms with Gasteiger partial charge < -0.3 is 14.4 Å². The summed E-state index contributed by atoms with van der Waals surface area (Å²) in [5, 5.41) is 0. The molecule has 0 saturated heterocycles. The SMILES string of the molecule is COC(=O)/C=C/C1=CN(Cc2ccccn2)[C@H](C)O[C@H]1C. The average Bonchev–Trinajstić information content (AvgIpc) is 2.49. The third-order valence-corrected chi connectivity index (χ3v) is 3.34. The van der Waals surface area contributed by atoms with Crippen LogP contribution in [0.2, 0.25) is 0 Å². The van der Waals surface area contributed by atoms with Gasteiger partial charge in [0.15, 0.2) is 0 Å². The maximum Gasteiger partial charge on any atom is 0.330 e. The fourth-order valence-corrected chi connectivity index (χ4v) is 2.12. The third kappa shape index (κ3) is 4.16. The molecule has 0 fully saturated rings. The van der Waals surface area contributed by atoms with Gasteiger partial charge in [-0.2, -0.15) is 0 Å². The van der Waals surface area contributed by atoms with Gasteiger partial charge in [-0.1, -0.05) is 6.07 Å². The van der Waals surface area contributed by atoms with Crippen molar-refractivity contribution in [1.82, 2.24) is 9.88 Å². The van der Waals surface area contributed by atoms with Crippen molar-refractivity contribution in [2.45, 2.75) is 32.7 Å². The molecule has 0 aromatic carbocycles. The number of aromatic nitrogens is 1. The van der Waals surface area contributed by atoms with Crippen LogP contribution < -0.4 is 0 Å². The third-order valence-electron chi connectivity index (χ3n) is 3.34. The molecule has 0 amide bonds. The molecule has 0 N–H and O–H groups in total. The molecule has 2 heterocycles. The number of esters is 1. The molecule has 1 aliphatic heterocycles. The summed E-state index contributed by atoms with van der Waals surface area (Å²) in [6.45, 7) is 4.61. The highest BCUT2D eigenvalue weighted by Crippen LogP contribution is 2.22. The van der Waals surface area contributed by atoms with Gasteiger partial charge in [-0.05, 0) is 37.6 Å². The fourth-order valence-electron chi connectivity index (χ4n) is 2.12. The molecule has 2 atom stereocenters. The van der Waals surface area contributed by atoms with Crippen LogP contribution in [-0.4, -0.2) is 35.3 Å². The highest BCUT2D eigenvalue weighted by molar-refractivity contribution is 5.82. The first-order chi connectivity index (χ1) is 10.1. The van der Waals surface area contributed by atoms with E-state index < -0.39 is 0 Å². The predicted octanol–water partition coefficient (Wildman–Crippen LogP) is 2.26. The van der Waals surface area contributed by atoms with Crippen LogP contribution in [0.3, 0.4) is 0 Å². The fraction of sp³-hybridized carbons (Fsp3) is 0.375. The van der Waals surface area contributed by atoms with Gasteiger partial charge in [0.25, 0.3) is 0 Å². The lowest BCUT2D eigenvalue weighted by molar-refractivity contribution is -0.134. The summed E-state index contributed by atoms with van der Waals surface area (Å²) in [7, 11) is 1.36. The summed E-state index contributed by atoms with van der Waals surface area (Å²) in [5.41, 5.74) is 1.89. The molecule has 0 spiro atoms. The average molecular weight is 288 g/mol. The van der Waals surface area contributed by atoms with E-state index >= 15 is 0 Å². The van der Waals surface area contributed by atoms with E-state index in [1.807, 2.05) is 38.2 Å². The van der Waals surface area contributed by atoms with Gasteiger partial charge in [-0.25, -0.2) is 4.79 Å². The number of carbonyl (C=O) groups excluding carboxylic acids is 1. The lowest BCUT2D eigenvalue weighted by Gasteiger charge is -2.35. The van der Waals surface area contributed by atoms with E-state index in [-0.39, 0.29) is 18.3 Å². The second-order valence-electron chi connectivity index (χ2n) is 4.86. The number of hydrogen-bond donors (Lipinski definition) is 0. The number of hydrogen-bond acceptors (Lipinski definition) is 5. The lowest BCUT2D eigenvalue weighted by atomic mass is 10.1. The first kappa shape index (κ1) is 15.3. The molecule has 112 valence electrons. The molecule has 1 aromatic rings. The van der Waals surface area contributed by atoms with Crippen LogP contribution in [0.5, 0.6) is 0 Å². The summed E-state index contributed by atoms with van der Waals surface area (Å²) in [6.07, 6.45) is 6.80. The van der Waals surface area contributed by atoms with Crippen molar-refractivity contribution in [2.24, 2.45) is 0 Å². The first-order valence-corrected chi connectivity index (χ1v) is 6.89. The molecule has 0 unspecified atom stereocenters. The number of rotatable bonds is 4. The zero-order chi connectivity index (χ0) is 15.2. The minimum absolute atomic E-state index is 0.0442. The van der Waals surface area contributed by atoms with Crippen LogP contribution in [0.4, 0.5) is 0 Å². The van der Waals surface area contributed by atoms with Gasteiger partial charge in [0, 0.05) is 18.5 Å². The highest BCUT2D eigenvalue weighted by atomic mass is 16.5. The van der Waals surface area contributed by atoms with Crippen LogP contribution in [0.25, 0.3) is 0 Å². The Balaban J connectivity index is 2.14. The number of methoxy groups -OCH3 is 1. The zero-order valence-electron chi connectivity index (χ0n) is 12.5. The van der Waals surface area contributed by atoms with Gasteiger partial charge in [0.2, 0.25) is 0 Å². The summed E-state index contributed by atoms with van der Waals surface area (Å²) >= 11 is 0. The molecule has 0 bridgehead atoms. The Morgan fingerprint density at radius 2 is 2.29 bits per heavy atom. The smallest absolute Gasteiger partial charge is 0.330 e. The van der Waals surface area contributed by atoms with E-state index in [2.05, 4.69) is 14.6 Å². The molecule has 0 saturated carbocycles. The summed E-state index contributed by atoms with van der Waals surface area (Å²) in [6, 6.07) is 5.83. The second kappa shape index (κ2) is 7.04. The quantitative estimate of drug-likeness (QED) is 0.628. The van der Waals surface area contributed by atoms with E-state index in [9.17, 15) is 4.79 Å². The van der Waals surface area contributed by atoms with Crippen molar-refractivity contribution >= 4 is 5.97 Å². The van der Waals surface area contributed by atoms with E-state index in [0.717, 1.165) is 11.3 Å². The van der Waals surface area contributed by atoms with Gasteiger partial charge in [0.1, 0.15) is 6.23 Å². The van der Waals surface area contributed by atoms with Gasteiger partial charge in [-0.15, -0.1) is 0 Å². The molecule has 1 aliphatic rings. The first-order valence-electron chi connectivity index (χ1n) is 6.89. The predicted molar refractivity (Wildman–Crippen MR) is 79.0 cm³/mol. The Kier molecular flexibility index (Phi) is 5.11. The van der Waals surface area contributed by atoms with Gasteiger partial charge in [-0.3, -0.25) is 4.98 Å². The molecular formula is C16H20N2O3. The number of carbonyl (C=O) groups is 1. The number of nitrogens with zero attached hydrogens (tertiary/aromatic N) is 2. The second-order valence-corrected chi connectivity index (χ2v) is 4.86. The summed E-state index contributed by atoms with van der Waals surface area (Å²) in [4.78, 5) is 17.6. The highest BCUT2D eigenvalue weighted by Gasteiger charge is 2.23. The lowest BCUT2D eigenvalue weighted by Crippen LogP contribution is -2.38. The largest absolute Gasteiger partial charge is 0.466 e. The molecule has 0 radical (unpaired) electrons. The number of pyridine rings is 1. The standard InChI is InChI=1S/C16H20N2O3/c1-12-14(7-8-16(19)20-3)10-18(13(2)21-12)11-15-6-4-5-9-17-15/h4-10,12-13H,11H2,1-3H3/b8-7+/t12-,13-/m0/s1. The van der Waals surface area contributed by atoms with Crippen molar-refractivity contribution in [1.29, 1.82) is 0 Å². The van der Waals surface area contributed by atoms with E-state index in [4.69, 9.17) is 4.74 Å². The van der Waals surface area contributed by atoms with E-state index in [1.165, 1.54) is 13.2 Å². The molecule has 2 rings (SSSR count). The zero-order valence-corrected chi connectivity index (χ0v) is 12.5. The van der Waals surface area contributed by atoms with Crippen molar-refractivity contribution in [3.05, 3.63) is 54.0 Å². The molecule has 0 aliphatic carbocycles. The van der Waals surface area contributed by atoms with Crippen molar-refractivity contribution in [2.75, 3.05) is 7.11 Å². The van der Waals surface area contributed by atoms with Crippen LogP contribution >= 0.6 is 0 Å². The van der Waals surface area contributed by atoms with Crippen molar-refractivity contribution in [3.8, 4) is 0 Å². The maximum absolute atomic E-state index is 11.2. The Bertz CT molecular complexity index is 540. The molecule has 5 nitrogen and oxygen atoms in total. The Labute approximate surface area is 124 Å². The van der Waals surface area contributed by atoms with Crippen LogP contribution in [0.1, 0.15) is 19.5 Å². The van der Waals surface area contributed by atoms with Crippen LogP contribution in [0.15, 0.2) is 48.3 Å². The van der Waals surface area contributed by atoms with Gasteiger partial charge >= 0.3 is 5.97 Å². The normalized spacial score (nSPS) is 22.2. The Morgan fingerprint density at radius 3 is 2.95 bits per heavy atom. The molecule has 5 heteroatoms. The maximum atomic E-state index is 11.2. The van der Waals surface area contributed by atoms with Crippen molar-refractivity contribution in [3.63, 3.8) is 0 Å². The topological polar surface area (TPSA) is 51.7 Å². The van der Waals surface area contributed by atoms with E-state index in [1.54, 1.807) is 12.3 Å². The molecule has 1 aromatic heterocycles. The van der Waals surface area contributed by atoms with Crippen molar-refractivity contribution < 1.29 is 14.3 Å². The van der Waals surface area contributed by atoms with Crippen LogP contribution in [-0.2, 0) is 20.8 Å². The van der Waals surface area contributed by atoms with Crippen LogP contribution in [0, 0.1) is 0 Å². The molecular weight excluding hydrogens is 268 g/mol. The van der Waals surface area contributed by atoms with Gasteiger partial charge in [0.05, 0.1) is 25.5 Å². The number of ether oxygens (including phenoxy) is 2. The summed E-state index contributed by atoms with van der Waals surface area (Å²) in [5.74, 6) is -0.377. The summed E-state index contributed by atoms with van der Waals surface area (Å²) < 4.78 is 10.5. The van der Waals surface area contributed by atoms with E-state index in [0.29, 0.717) is 6.54 Å². The minimum Gasteiger partial charge on any atom is -0.466 e. The Morgan fingerprint density at radius 1 is 1.48 bits per heavy atom. The monoisotopic (exact) mass is 288 g/mol. The molecule has 21 heavy (non-hydrogen) atoms.